The number of nitrogens with zero attached hydrogens (tertiary/aromatic N) is 13. The number of anilines is 1. The van der Waals surface area contributed by atoms with Crippen molar-refractivity contribution in [1.82, 2.24) is 44.0 Å². The van der Waals surface area contributed by atoms with Crippen LogP contribution in [0.4, 0.5) is 34.5 Å². The summed E-state index contributed by atoms with van der Waals surface area (Å²) in [6.07, 6.45) is 12.6. The minimum Gasteiger partial charge on any atom is -1.00 e. The van der Waals surface area contributed by atoms with E-state index in [1.165, 1.54) is 75.6 Å². The normalized spacial score (nSPS) is 8.70. The summed E-state index contributed by atoms with van der Waals surface area (Å²) in [7, 11) is 4.29. The number of hydrogen-bond donors (Lipinski definition) is 2. The van der Waals surface area contributed by atoms with Crippen molar-refractivity contribution in [2.45, 2.75) is 7.43 Å². The van der Waals surface area contributed by atoms with Crippen molar-refractivity contribution in [2.75, 3.05) is 27.1 Å². The molecule has 6 aromatic heterocycles. The van der Waals surface area contributed by atoms with Crippen molar-refractivity contribution < 1.29 is 143 Å². The Labute approximate surface area is 431 Å². The molecule has 0 amide bonds. The molecule has 0 unspecified atom stereocenters. The van der Waals surface area contributed by atoms with E-state index in [9.17, 15) is 20.2 Å². The van der Waals surface area contributed by atoms with Crippen molar-refractivity contribution in [3.63, 3.8) is 0 Å². The summed E-state index contributed by atoms with van der Waals surface area (Å²) in [5.74, 6) is 2.86. The Hall–Kier alpha value is -5.46. The molecule has 6 aromatic rings. The second-order valence-electron chi connectivity index (χ2n) is 9.46. The number of aromatic amines is 1. The van der Waals surface area contributed by atoms with Crippen LogP contribution in [-0.4, -0.2) is 81.7 Å². The van der Waals surface area contributed by atoms with Crippen molar-refractivity contribution >= 4 is 52.6 Å². The van der Waals surface area contributed by atoms with Gasteiger partial charge >= 0.3 is 103 Å². The van der Waals surface area contributed by atoms with E-state index in [0.717, 1.165) is 12.4 Å². The number of carbonyl (C=O) groups is 1. The summed E-state index contributed by atoms with van der Waals surface area (Å²) in [6, 6.07) is 4.15. The van der Waals surface area contributed by atoms with Gasteiger partial charge in [0.15, 0.2) is 53.0 Å². The number of halogens is 1. The third-order valence-corrected chi connectivity index (χ3v) is 6.33. The number of nitrogen functional groups attached to an aromatic ring is 1. The van der Waals surface area contributed by atoms with Crippen LogP contribution in [0.5, 0.6) is 17.2 Å². The van der Waals surface area contributed by atoms with Gasteiger partial charge in [0.2, 0.25) is 5.82 Å². The zero-order valence-electron chi connectivity index (χ0n) is 32.4. The van der Waals surface area contributed by atoms with Gasteiger partial charge in [-0.25, -0.2) is 19.9 Å². The predicted molar refractivity (Wildman–Crippen MR) is 202 cm³/mol. The number of nitrogens with two attached hydrogens (primary N) is 1. The van der Waals surface area contributed by atoms with Crippen molar-refractivity contribution in [1.29, 1.82) is 0 Å². The van der Waals surface area contributed by atoms with Crippen LogP contribution in [0.25, 0.3) is 26.2 Å². The average Bonchev–Trinajstić information content (AvgIpc) is 4.04. The Morgan fingerprint density at radius 2 is 1.23 bits per heavy atom. The van der Waals surface area contributed by atoms with Gasteiger partial charge in [0.05, 0.1) is 61.4 Å². The van der Waals surface area contributed by atoms with Gasteiger partial charge in [-0.3, -0.25) is 39.1 Å². The van der Waals surface area contributed by atoms with Crippen LogP contribution in [-0.2, 0) is 9.68 Å². The quantitative estimate of drug-likeness (QED) is 0.0350. The summed E-state index contributed by atoms with van der Waals surface area (Å²) < 4.78 is 18.0. The van der Waals surface area contributed by atoms with Gasteiger partial charge in [-0.05, 0) is 0 Å². The molecule has 28 heteroatoms. The SMILES string of the molecule is C.COc1cc([N+](=O)[O-])cnc1Cl.O=CO[O-].[C-]#[N+]c1cn(-c2ncc(N)cc2OC)cn1.[C-]#[N+]c1cn(-c2ncc([N+](=O)[O-])cc2OC)cn1.[C-]#[N+]c1cnc[nH]1.[H-].[K+].[K+]. The Balaban J connectivity index is -0.000000723. The first-order valence-electron chi connectivity index (χ1n) is 14.6. The molecular formula is C32H30ClK2N15O10. The standard InChI is InChI=1S/C10H7N5O3.C10H9N5O.C6H5ClN2O3.C4H3N3.CH2O3.CH4.2K.H/c1-11-9-5-14(6-13-9)10-8(18-2)3-7(4-12-10)15(16)17;1-12-9-5-15(6-14-9)10-8(16-2)3-7(11)4-13-10;1-12-5-2-4(9(10)11)3-8-6(5)7;1-5-4-2-6-3-7-4;2-1-4-3;;;;/h3-6H,2H3;3-6H,11H2,2H3;2-3H,1H3;2-3H,(H,6,7);1,3H;1H4;;;/q;;;;;;2*+1;-1/p-1. The maximum Gasteiger partial charge on any atom is 1.00 e. The van der Waals surface area contributed by atoms with E-state index < -0.39 is 9.85 Å². The number of aromatic nitrogens is 9. The topological polar surface area (TPSA) is 305 Å². The zero-order valence-corrected chi connectivity index (χ0v) is 38.4. The number of rotatable bonds is 8. The summed E-state index contributed by atoms with van der Waals surface area (Å²) in [4.78, 5) is 66.0. The molecule has 0 radical (unpaired) electrons. The number of methoxy groups -OCH3 is 3. The number of carbonyl (C=O) groups excluding carboxylic acids is 1. The Bertz CT molecular complexity index is 2400. The first kappa shape index (κ1) is 56.6. The molecule has 0 aliphatic rings. The molecule has 0 bridgehead atoms. The average molecular weight is 898 g/mol. The second kappa shape index (κ2) is 30.6. The molecule has 3 N–H and O–H groups in total. The number of imidazole rings is 3. The molecular weight excluding hydrogens is 868 g/mol. The first-order valence-corrected chi connectivity index (χ1v) is 15.0. The number of H-pyrrole nitrogens is 1. The number of nitro groups is 2. The predicted octanol–water partition coefficient (Wildman–Crippen LogP) is -1.05. The van der Waals surface area contributed by atoms with E-state index in [1.807, 2.05) is 0 Å². The fraction of sp³-hybridized carbons (Fsp3) is 0.125. The monoisotopic (exact) mass is 897 g/mol. The molecule has 302 valence electrons. The van der Waals surface area contributed by atoms with E-state index in [0.29, 0.717) is 34.7 Å². The largest absolute Gasteiger partial charge is 1.00 e. The number of hydrogen-bond acceptors (Lipinski definition) is 17. The second-order valence-corrected chi connectivity index (χ2v) is 9.82. The van der Waals surface area contributed by atoms with Gasteiger partial charge in [0.25, 0.3) is 29.5 Å². The number of pyridine rings is 3. The minimum atomic E-state index is -0.564. The Kier molecular flexibility index (Phi) is 28.9. The number of nitrogens with one attached hydrogen (secondary N) is 1. The van der Waals surface area contributed by atoms with E-state index in [-0.39, 0.29) is 152 Å². The summed E-state index contributed by atoms with van der Waals surface area (Å²) in [6.45, 7) is 19.9. The maximum absolute atomic E-state index is 10.6. The van der Waals surface area contributed by atoms with E-state index in [4.69, 9.17) is 61.3 Å². The van der Waals surface area contributed by atoms with Crippen molar-refractivity contribution in [3.8, 4) is 28.9 Å². The van der Waals surface area contributed by atoms with Crippen LogP contribution in [0.15, 0.2) is 74.4 Å². The summed E-state index contributed by atoms with van der Waals surface area (Å²) in [5.41, 5.74) is 5.81. The zero-order chi connectivity index (χ0) is 42.3. The fourth-order valence-corrected chi connectivity index (χ4v) is 3.79. The van der Waals surface area contributed by atoms with E-state index in [2.05, 4.69) is 54.3 Å². The van der Waals surface area contributed by atoms with Crippen LogP contribution < -0.4 is 128 Å². The Morgan fingerprint density at radius 3 is 1.60 bits per heavy atom. The third kappa shape index (κ3) is 18.2. The minimum absolute atomic E-state index is 0. The molecule has 0 saturated heterocycles. The maximum atomic E-state index is 10.6. The molecule has 6 rings (SSSR count). The molecule has 0 saturated carbocycles. The molecule has 60 heavy (non-hydrogen) atoms. The third-order valence-electron chi connectivity index (χ3n) is 6.05. The molecule has 25 nitrogen and oxygen atoms in total. The van der Waals surface area contributed by atoms with Gasteiger partial charge < -0.3 is 46.1 Å². The van der Waals surface area contributed by atoms with Gasteiger partial charge in [-0.15, -0.1) is 9.97 Å². The van der Waals surface area contributed by atoms with Crippen LogP contribution in [0.2, 0.25) is 5.15 Å². The molecule has 0 aliphatic heterocycles. The van der Waals surface area contributed by atoms with Crippen molar-refractivity contribution in [3.05, 3.63) is 134 Å². The number of ether oxygens (including phenoxy) is 3. The van der Waals surface area contributed by atoms with Crippen LogP contribution in [0.3, 0.4) is 0 Å². The van der Waals surface area contributed by atoms with E-state index in [1.54, 1.807) is 16.8 Å². The van der Waals surface area contributed by atoms with E-state index >= 15 is 0 Å². The van der Waals surface area contributed by atoms with Gasteiger partial charge in [-0.1, -0.05) is 38.7 Å². The molecule has 0 spiro atoms. The summed E-state index contributed by atoms with van der Waals surface area (Å²) >= 11 is 5.54. The first-order chi connectivity index (χ1) is 27.4. The molecule has 6 heterocycles. The van der Waals surface area contributed by atoms with Crippen LogP contribution >= 0.6 is 11.6 Å². The van der Waals surface area contributed by atoms with Gasteiger partial charge in [0.1, 0.15) is 12.4 Å². The molecule has 0 fully saturated rings. The summed E-state index contributed by atoms with van der Waals surface area (Å²) in [5, 5.41) is 29.4. The smallest absolute Gasteiger partial charge is 1.00 e. The van der Waals surface area contributed by atoms with Crippen molar-refractivity contribution in [2.24, 2.45) is 0 Å². The molecule has 0 aliphatic carbocycles. The fourth-order valence-electron chi connectivity index (χ4n) is 3.61. The molecule has 0 atom stereocenters. The van der Waals surface area contributed by atoms with Gasteiger partial charge in [0, 0.05) is 18.5 Å². The van der Waals surface area contributed by atoms with Gasteiger partial charge in [-0.2, -0.15) is 0 Å². The van der Waals surface area contributed by atoms with Crippen LogP contribution in [0.1, 0.15) is 8.85 Å². The van der Waals surface area contributed by atoms with Crippen LogP contribution in [0, 0.1) is 39.9 Å². The Morgan fingerprint density at radius 1 is 0.783 bits per heavy atom. The molecule has 0 aromatic carbocycles.